The fourth-order valence-electron chi connectivity index (χ4n) is 5.23. The van der Waals surface area contributed by atoms with Crippen molar-refractivity contribution in [2.24, 2.45) is 5.92 Å². The number of hydroxylamine groups is 2. The van der Waals surface area contributed by atoms with Gasteiger partial charge in [0, 0.05) is 6.54 Å². The molecule has 9 heteroatoms. The lowest BCUT2D eigenvalue weighted by Gasteiger charge is -2.48. The summed E-state index contributed by atoms with van der Waals surface area (Å²) in [4.78, 5) is 47.2. The van der Waals surface area contributed by atoms with Crippen LogP contribution in [0.3, 0.4) is 0 Å². The van der Waals surface area contributed by atoms with E-state index in [4.69, 9.17) is 9.57 Å². The van der Waals surface area contributed by atoms with Crippen molar-refractivity contribution in [1.29, 1.82) is 0 Å². The molecule has 0 aromatic heterocycles. The Hall–Kier alpha value is -2.65. The smallest absolute Gasteiger partial charge is 0.414 e. The molecule has 33 heavy (non-hydrogen) atoms. The van der Waals surface area contributed by atoms with E-state index in [9.17, 15) is 14.4 Å². The number of alkyl carbamates (subject to hydrolysis) is 1. The molecule has 4 rings (SSSR count). The van der Waals surface area contributed by atoms with Crippen molar-refractivity contribution in [2.45, 2.75) is 70.2 Å². The van der Waals surface area contributed by atoms with Gasteiger partial charge in [-0.05, 0) is 71.0 Å². The highest BCUT2D eigenvalue weighted by Crippen LogP contribution is 2.44. The normalized spacial score (nSPS) is 25.8. The van der Waals surface area contributed by atoms with Crippen molar-refractivity contribution in [3.05, 3.63) is 35.9 Å². The third kappa shape index (κ3) is 4.84. The zero-order valence-corrected chi connectivity index (χ0v) is 19.6. The number of nitrogens with zero attached hydrogens (tertiary/aromatic N) is 2. The fraction of sp³-hybridized carbons (Fsp3) is 0.625. The summed E-state index contributed by atoms with van der Waals surface area (Å²) < 4.78 is 5.32. The number of nitrogens with one attached hydrogen (secondary N) is 2. The van der Waals surface area contributed by atoms with E-state index in [1.54, 1.807) is 25.7 Å². The van der Waals surface area contributed by atoms with E-state index in [2.05, 4.69) is 10.6 Å². The fourth-order valence-corrected chi connectivity index (χ4v) is 5.23. The summed E-state index contributed by atoms with van der Waals surface area (Å²) in [5.74, 6) is -0.513. The Kier molecular flexibility index (Phi) is 6.63. The molecule has 4 amide bonds. The van der Waals surface area contributed by atoms with Crippen LogP contribution in [-0.2, 0) is 21.0 Å². The van der Waals surface area contributed by atoms with Crippen LogP contribution in [0.1, 0.15) is 52.0 Å². The zero-order valence-electron chi connectivity index (χ0n) is 19.6. The van der Waals surface area contributed by atoms with Gasteiger partial charge < -0.3 is 15.0 Å². The molecule has 0 radical (unpaired) electrons. The molecule has 3 fully saturated rings. The summed E-state index contributed by atoms with van der Waals surface area (Å²) in [7, 11) is 0. The largest absolute Gasteiger partial charge is 0.444 e. The lowest BCUT2D eigenvalue weighted by atomic mass is 9.71. The number of hydrogen-bond donors (Lipinski definition) is 2. The minimum atomic E-state index is -1.10. The number of carbonyl (C=O) groups is 3. The van der Waals surface area contributed by atoms with Crippen LogP contribution in [0, 0.1) is 5.92 Å². The number of imide groups is 1. The third-order valence-electron chi connectivity index (χ3n) is 6.72. The average molecular weight is 459 g/mol. The van der Waals surface area contributed by atoms with E-state index < -0.39 is 23.1 Å². The minimum Gasteiger partial charge on any atom is -0.444 e. The van der Waals surface area contributed by atoms with E-state index in [0.29, 0.717) is 19.4 Å². The van der Waals surface area contributed by atoms with E-state index in [0.717, 1.165) is 31.5 Å². The standard InChI is InChI=1S/C24H34N4O5/c1-23(2,3)33-21(30)26-20(29)24(18-10-13-25-14-11-18)12-9-19-15-27(24)22(31)28(19)32-16-17-7-5-4-6-8-17/h4-8,18-19,25H,9-16H2,1-3H3,(H,26,29,30)/t19-,24+/m1/s1. The van der Waals surface area contributed by atoms with Crippen LogP contribution in [0.25, 0.3) is 0 Å². The zero-order chi connectivity index (χ0) is 23.6. The van der Waals surface area contributed by atoms with E-state index in [-0.39, 0.29) is 24.6 Å². The number of amides is 4. The lowest BCUT2D eigenvalue weighted by molar-refractivity contribution is -0.141. The second-order valence-corrected chi connectivity index (χ2v) is 10.1. The number of rotatable bonds is 5. The average Bonchev–Trinajstić information content (AvgIpc) is 3.03. The van der Waals surface area contributed by atoms with Gasteiger partial charge in [0.25, 0.3) is 5.91 Å². The van der Waals surface area contributed by atoms with Gasteiger partial charge in [0.05, 0.1) is 6.04 Å². The first-order chi connectivity index (χ1) is 15.7. The van der Waals surface area contributed by atoms with Crippen molar-refractivity contribution in [1.82, 2.24) is 20.6 Å². The second kappa shape index (κ2) is 9.30. The van der Waals surface area contributed by atoms with E-state index in [1.165, 1.54) is 5.06 Å². The molecule has 1 aromatic rings. The summed E-state index contributed by atoms with van der Waals surface area (Å²) >= 11 is 0. The van der Waals surface area contributed by atoms with Crippen molar-refractivity contribution in [2.75, 3.05) is 19.6 Å². The number of urea groups is 1. The van der Waals surface area contributed by atoms with Gasteiger partial charge in [-0.2, -0.15) is 5.06 Å². The molecule has 0 spiro atoms. The molecule has 3 aliphatic rings. The summed E-state index contributed by atoms with van der Waals surface area (Å²) in [6, 6.07) is 9.24. The maximum atomic E-state index is 13.6. The number of benzene rings is 1. The summed E-state index contributed by atoms with van der Waals surface area (Å²) in [5.41, 5.74) is -0.860. The maximum Gasteiger partial charge on any atom is 0.414 e. The SMILES string of the molecule is CC(C)(C)OC(=O)NC(=O)[C@@]1(C2CCNCC2)CC[C@@H]2CN1C(=O)N2OCc1ccccc1. The predicted octanol–water partition coefficient (Wildman–Crippen LogP) is 2.81. The van der Waals surface area contributed by atoms with Crippen LogP contribution in [0.5, 0.6) is 0 Å². The molecule has 2 atom stereocenters. The Balaban J connectivity index is 1.55. The molecule has 180 valence electrons. The number of piperidine rings is 2. The first-order valence-electron chi connectivity index (χ1n) is 11.7. The molecule has 0 aliphatic carbocycles. The summed E-state index contributed by atoms with van der Waals surface area (Å²) in [6.07, 6.45) is 1.82. The Morgan fingerprint density at radius 3 is 2.52 bits per heavy atom. The predicted molar refractivity (Wildman–Crippen MR) is 121 cm³/mol. The summed E-state index contributed by atoms with van der Waals surface area (Å²) in [6.45, 7) is 7.46. The van der Waals surface area contributed by atoms with Gasteiger partial charge in [0.15, 0.2) is 0 Å². The molecular weight excluding hydrogens is 424 g/mol. The first kappa shape index (κ1) is 23.5. The molecule has 2 bridgehead atoms. The number of ether oxygens (including phenoxy) is 1. The van der Waals surface area contributed by atoms with Crippen molar-refractivity contribution in [3.8, 4) is 0 Å². The number of hydrogen-bond acceptors (Lipinski definition) is 6. The van der Waals surface area contributed by atoms with Crippen LogP contribution >= 0.6 is 0 Å². The molecule has 2 N–H and O–H groups in total. The van der Waals surface area contributed by atoms with Crippen molar-refractivity contribution in [3.63, 3.8) is 0 Å². The van der Waals surface area contributed by atoms with Gasteiger partial charge in [-0.3, -0.25) is 14.9 Å². The molecule has 0 saturated carbocycles. The third-order valence-corrected chi connectivity index (χ3v) is 6.72. The van der Waals surface area contributed by atoms with Gasteiger partial charge in [0.1, 0.15) is 17.7 Å². The Morgan fingerprint density at radius 2 is 1.85 bits per heavy atom. The van der Waals surface area contributed by atoms with Crippen LogP contribution in [0.15, 0.2) is 30.3 Å². The molecule has 3 heterocycles. The van der Waals surface area contributed by atoms with Gasteiger partial charge in [-0.15, -0.1) is 0 Å². The highest BCUT2D eigenvalue weighted by molar-refractivity contribution is 6.00. The monoisotopic (exact) mass is 458 g/mol. The quantitative estimate of drug-likeness (QED) is 0.704. The Labute approximate surface area is 194 Å². The molecular formula is C24H34N4O5. The lowest BCUT2D eigenvalue weighted by Crippen LogP contribution is -2.67. The van der Waals surface area contributed by atoms with Gasteiger partial charge in [0.2, 0.25) is 0 Å². The first-order valence-corrected chi connectivity index (χ1v) is 11.7. The second-order valence-electron chi connectivity index (χ2n) is 10.1. The van der Waals surface area contributed by atoms with E-state index >= 15 is 0 Å². The van der Waals surface area contributed by atoms with Crippen LogP contribution in [0.2, 0.25) is 0 Å². The molecule has 0 unspecified atom stereocenters. The molecule has 1 aromatic carbocycles. The minimum absolute atomic E-state index is 0.0554. The Morgan fingerprint density at radius 1 is 1.15 bits per heavy atom. The maximum absolute atomic E-state index is 13.6. The van der Waals surface area contributed by atoms with Crippen molar-refractivity contribution < 1.29 is 24.0 Å². The molecule has 3 saturated heterocycles. The Bertz CT molecular complexity index is 881. The molecule has 9 nitrogen and oxygen atoms in total. The van der Waals surface area contributed by atoms with Gasteiger partial charge in [-0.25, -0.2) is 9.59 Å². The van der Waals surface area contributed by atoms with Gasteiger partial charge >= 0.3 is 12.1 Å². The molecule has 3 aliphatic heterocycles. The topological polar surface area (TPSA) is 100 Å². The van der Waals surface area contributed by atoms with Crippen LogP contribution in [0.4, 0.5) is 9.59 Å². The number of fused-ring (bicyclic) bond motifs is 2. The van der Waals surface area contributed by atoms with Crippen LogP contribution in [-0.4, -0.2) is 64.8 Å². The number of carbonyl (C=O) groups excluding carboxylic acids is 3. The van der Waals surface area contributed by atoms with E-state index in [1.807, 2.05) is 30.3 Å². The van der Waals surface area contributed by atoms with Gasteiger partial charge in [-0.1, -0.05) is 30.3 Å². The highest BCUT2D eigenvalue weighted by atomic mass is 16.7. The highest BCUT2D eigenvalue weighted by Gasteiger charge is 2.60. The van der Waals surface area contributed by atoms with Crippen LogP contribution < -0.4 is 10.6 Å². The summed E-state index contributed by atoms with van der Waals surface area (Å²) in [5, 5.41) is 7.20. The van der Waals surface area contributed by atoms with Crippen molar-refractivity contribution >= 4 is 18.0 Å².